The maximum Gasteiger partial charge on any atom is 0.334 e. The van der Waals surface area contributed by atoms with Crippen molar-refractivity contribution in [3.05, 3.63) is 0 Å². The fraction of sp³-hybridized carbons (Fsp3) is 0.800. The molecule has 0 aromatic heterocycles. The largest absolute Gasteiger partial charge is 0.479 e. The lowest BCUT2D eigenvalue weighted by molar-refractivity contribution is -0.146. The number of nitrogens with one attached hydrogen (secondary N) is 1. The first-order valence-corrected chi connectivity index (χ1v) is 6.64. The third-order valence-corrected chi connectivity index (χ3v) is 3.99. The van der Waals surface area contributed by atoms with Gasteiger partial charge in [-0.05, 0) is 6.42 Å². The number of aliphatic hydroxyl groups is 1. The quantitative estimate of drug-likeness (QED) is 0.662. The van der Waals surface area contributed by atoms with E-state index in [0.717, 1.165) is 12.2 Å². The third-order valence-electron chi connectivity index (χ3n) is 2.61. The first-order chi connectivity index (χ1) is 8.04. The molecule has 98 valence electrons. The molecule has 3 N–H and O–H groups in total. The van der Waals surface area contributed by atoms with Gasteiger partial charge in [0, 0.05) is 24.1 Å². The fourth-order valence-corrected chi connectivity index (χ4v) is 2.71. The zero-order chi connectivity index (χ0) is 12.8. The molecular weight excluding hydrogens is 244 g/mol. The van der Waals surface area contributed by atoms with Gasteiger partial charge < -0.3 is 20.4 Å². The third kappa shape index (κ3) is 4.43. The summed E-state index contributed by atoms with van der Waals surface area (Å²) in [4.78, 5) is 23.7. The van der Waals surface area contributed by atoms with Gasteiger partial charge in [0.25, 0.3) is 0 Å². The average Bonchev–Trinajstić information content (AvgIpc) is 2.35. The summed E-state index contributed by atoms with van der Waals surface area (Å²) >= 11 is 1.85. The molecule has 0 radical (unpaired) electrons. The van der Waals surface area contributed by atoms with Crippen molar-refractivity contribution < 1.29 is 19.8 Å². The maximum atomic E-state index is 11.7. The number of carboxylic acid groups (broad SMARTS) is 1. The van der Waals surface area contributed by atoms with Crippen molar-refractivity contribution in [1.82, 2.24) is 10.2 Å². The van der Waals surface area contributed by atoms with Crippen LogP contribution in [-0.2, 0) is 4.79 Å². The number of nitrogens with zero attached hydrogens (tertiary/aromatic N) is 1. The highest BCUT2D eigenvalue weighted by Crippen LogP contribution is 2.20. The second kappa shape index (κ2) is 6.70. The van der Waals surface area contributed by atoms with Gasteiger partial charge in [0.15, 0.2) is 6.10 Å². The molecule has 6 nitrogen and oxygen atoms in total. The van der Waals surface area contributed by atoms with Gasteiger partial charge in [-0.3, -0.25) is 0 Å². The van der Waals surface area contributed by atoms with Crippen LogP contribution in [0.25, 0.3) is 0 Å². The van der Waals surface area contributed by atoms with Crippen LogP contribution in [0, 0.1) is 0 Å². The van der Waals surface area contributed by atoms with E-state index in [9.17, 15) is 9.59 Å². The summed E-state index contributed by atoms with van der Waals surface area (Å²) in [5, 5.41) is 20.4. The summed E-state index contributed by atoms with van der Waals surface area (Å²) in [6.07, 6.45) is -0.535. The Bertz CT molecular complexity index is 287. The molecule has 1 saturated heterocycles. The molecule has 2 unspecified atom stereocenters. The number of carbonyl (C=O) groups is 2. The number of amides is 2. The van der Waals surface area contributed by atoms with E-state index in [4.69, 9.17) is 10.2 Å². The van der Waals surface area contributed by atoms with E-state index in [1.54, 1.807) is 4.90 Å². The molecule has 0 aromatic carbocycles. The van der Waals surface area contributed by atoms with Crippen molar-refractivity contribution in [1.29, 1.82) is 0 Å². The number of aliphatic hydroxyl groups excluding tert-OH is 1. The van der Waals surface area contributed by atoms with Crippen LogP contribution in [0.1, 0.15) is 13.3 Å². The highest BCUT2D eigenvalue weighted by molar-refractivity contribution is 8.00. The molecule has 17 heavy (non-hydrogen) atoms. The molecular formula is C10H18N2O4S. The van der Waals surface area contributed by atoms with Crippen molar-refractivity contribution in [2.75, 3.05) is 25.4 Å². The summed E-state index contributed by atoms with van der Waals surface area (Å²) in [6.45, 7) is 3.16. The number of carbonyl (C=O) groups excluding carboxylic acids is 1. The summed E-state index contributed by atoms with van der Waals surface area (Å²) in [5.74, 6) is -0.432. The van der Waals surface area contributed by atoms with E-state index in [1.165, 1.54) is 0 Å². The number of rotatable bonds is 4. The van der Waals surface area contributed by atoms with Crippen molar-refractivity contribution >= 4 is 23.8 Å². The minimum absolute atomic E-state index is 0.255. The Morgan fingerprint density at radius 2 is 2.29 bits per heavy atom. The first-order valence-electron chi connectivity index (χ1n) is 5.59. The lowest BCUT2D eigenvalue weighted by atomic mass is 10.3. The average molecular weight is 262 g/mol. The Balaban J connectivity index is 2.34. The second-order valence-corrected chi connectivity index (χ2v) is 5.30. The van der Waals surface area contributed by atoms with Gasteiger partial charge in [-0.1, -0.05) is 6.92 Å². The van der Waals surface area contributed by atoms with Crippen LogP contribution in [0.2, 0.25) is 0 Å². The topological polar surface area (TPSA) is 89.9 Å². The highest BCUT2D eigenvalue weighted by atomic mass is 32.2. The van der Waals surface area contributed by atoms with Gasteiger partial charge in [0.2, 0.25) is 0 Å². The lowest BCUT2D eigenvalue weighted by Crippen LogP contribution is -2.49. The lowest BCUT2D eigenvalue weighted by Gasteiger charge is -2.32. The summed E-state index contributed by atoms with van der Waals surface area (Å²) in [6, 6.07) is -0.302. The van der Waals surface area contributed by atoms with Crippen LogP contribution < -0.4 is 5.32 Å². The molecule has 1 aliphatic heterocycles. The van der Waals surface area contributed by atoms with Crippen LogP contribution in [0.4, 0.5) is 4.79 Å². The molecule has 1 rings (SSSR count). The van der Waals surface area contributed by atoms with Crippen LogP contribution >= 0.6 is 11.8 Å². The molecule has 1 aliphatic rings. The van der Waals surface area contributed by atoms with Crippen LogP contribution in [-0.4, -0.2) is 63.9 Å². The van der Waals surface area contributed by atoms with E-state index in [0.29, 0.717) is 18.3 Å². The zero-order valence-electron chi connectivity index (χ0n) is 9.76. The van der Waals surface area contributed by atoms with Gasteiger partial charge >= 0.3 is 12.0 Å². The highest BCUT2D eigenvalue weighted by Gasteiger charge is 2.23. The van der Waals surface area contributed by atoms with Crippen molar-refractivity contribution in [3.8, 4) is 0 Å². The standard InChI is InChI=1S/C10H18N2O4S/c1-2-7-6-12(3-4-17-7)10(16)11-5-8(13)9(14)15/h7-8,13H,2-6H2,1H3,(H,11,16)(H,14,15). The molecule has 1 heterocycles. The Labute approximate surface area is 104 Å². The van der Waals surface area contributed by atoms with E-state index in [-0.39, 0.29) is 12.6 Å². The number of hydrogen-bond acceptors (Lipinski definition) is 4. The minimum atomic E-state index is -1.54. The number of hydrogen-bond donors (Lipinski definition) is 3. The number of urea groups is 1. The normalized spacial score (nSPS) is 22.0. The molecule has 1 fully saturated rings. The summed E-state index contributed by atoms with van der Waals surface area (Å²) < 4.78 is 0. The molecule has 2 amide bonds. The number of aliphatic carboxylic acids is 1. The van der Waals surface area contributed by atoms with E-state index in [2.05, 4.69) is 12.2 Å². The van der Waals surface area contributed by atoms with Crippen molar-refractivity contribution in [2.24, 2.45) is 0 Å². The zero-order valence-corrected chi connectivity index (χ0v) is 10.6. The Morgan fingerprint density at radius 3 is 2.88 bits per heavy atom. The van der Waals surface area contributed by atoms with Crippen LogP contribution in [0.5, 0.6) is 0 Å². The van der Waals surface area contributed by atoms with E-state index < -0.39 is 12.1 Å². The predicted molar refractivity (Wildman–Crippen MR) is 65.2 cm³/mol. The molecule has 2 atom stereocenters. The fourth-order valence-electron chi connectivity index (χ4n) is 1.53. The van der Waals surface area contributed by atoms with E-state index in [1.807, 2.05) is 11.8 Å². The molecule has 0 spiro atoms. The van der Waals surface area contributed by atoms with Gasteiger partial charge in [-0.15, -0.1) is 0 Å². The smallest absolute Gasteiger partial charge is 0.334 e. The first kappa shape index (κ1) is 14.1. The second-order valence-electron chi connectivity index (χ2n) is 3.89. The number of thioether (sulfide) groups is 1. The van der Waals surface area contributed by atoms with E-state index >= 15 is 0 Å². The maximum absolute atomic E-state index is 11.7. The van der Waals surface area contributed by atoms with Gasteiger partial charge in [-0.25, -0.2) is 9.59 Å². The minimum Gasteiger partial charge on any atom is -0.479 e. The molecule has 0 aromatic rings. The Hall–Kier alpha value is -0.950. The summed E-state index contributed by atoms with van der Waals surface area (Å²) in [5.41, 5.74) is 0. The molecule has 0 bridgehead atoms. The summed E-state index contributed by atoms with van der Waals surface area (Å²) in [7, 11) is 0. The monoisotopic (exact) mass is 262 g/mol. The Morgan fingerprint density at radius 1 is 1.59 bits per heavy atom. The number of carboxylic acids is 1. The molecule has 0 saturated carbocycles. The van der Waals surface area contributed by atoms with Gasteiger partial charge in [0.05, 0.1) is 6.54 Å². The van der Waals surface area contributed by atoms with Crippen LogP contribution in [0.3, 0.4) is 0 Å². The predicted octanol–water partition coefficient (Wildman–Crippen LogP) is -0.0311. The van der Waals surface area contributed by atoms with Crippen molar-refractivity contribution in [2.45, 2.75) is 24.7 Å². The Kier molecular flexibility index (Phi) is 5.57. The van der Waals surface area contributed by atoms with Gasteiger partial charge in [-0.2, -0.15) is 11.8 Å². The molecule has 7 heteroatoms. The van der Waals surface area contributed by atoms with Crippen molar-refractivity contribution in [3.63, 3.8) is 0 Å². The van der Waals surface area contributed by atoms with Crippen LogP contribution in [0.15, 0.2) is 0 Å². The van der Waals surface area contributed by atoms with Gasteiger partial charge in [0.1, 0.15) is 0 Å². The molecule has 0 aliphatic carbocycles. The SMILES string of the molecule is CCC1CN(C(=O)NCC(O)C(=O)O)CCS1.